The fourth-order valence-electron chi connectivity index (χ4n) is 2.90. The predicted octanol–water partition coefficient (Wildman–Crippen LogP) is 4.99. The SMILES string of the molecule is CCCCNC(=O)c1cc(-c2ccc(CC)cc2)nc2ccccc12. The fraction of sp³-hybridized carbons (Fsp3) is 0.273. The van der Waals surface area contributed by atoms with E-state index in [0.29, 0.717) is 12.1 Å². The van der Waals surface area contributed by atoms with Gasteiger partial charge in [-0.15, -0.1) is 0 Å². The Morgan fingerprint density at radius 2 is 1.80 bits per heavy atom. The summed E-state index contributed by atoms with van der Waals surface area (Å²) in [4.78, 5) is 17.4. The Kier molecular flexibility index (Phi) is 5.44. The largest absolute Gasteiger partial charge is 0.352 e. The van der Waals surface area contributed by atoms with Crippen LogP contribution >= 0.6 is 0 Å². The molecule has 1 aromatic heterocycles. The van der Waals surface area contributed by atoms with Crippen LogP contribution in [0.15, 0.2) is 54.6 Å². The van der Waals surface area contributed by atoms with Crippen LogP contribution in [-0.2, 0) is 6.42 Å². The second-order valence-electron chi connectivity index (χ2n) is 6.23. The van der Waals surface area contributed by atoms with Crippen LogP contribution in [0.25, 0.3) is 22.2 Å². The Morgan fingerprint density at radius 1 is 1.04 bits per heavy atom. The molecule has 3 aromatic rings. The number of benzene rings is 2. The summed E-state index contributed by atoms with van der Waals surface area (Å²) in [5, 5.41) is 3.92. The molecule has 128 valence electrons. The zero-order valence-corrected chi connectivity index (χ0v) is 14.9. The van der Waals surface area contributed by atoms with Crippen LogP contribution in [-0.4, -0.2) is 17.4 Å². The van der Waals surface area contributed by atoms with E-state index in [-0.39, 0.29) is 5.91 Å². The molecule has 3 rings (SSSR count). The third-order valence-electron chi connectivity index (χ3n) is 4.43. The van der Waals surface area contributed by atoms with Gasteiger partial charge in [0.25, 0.3) is 5.91 Å². The molecule has 0 fully saturated rings. The van der Waals surface area contributed by atoms with E-state index in [9.17, 15) is 4.79 Å². The minimum absolute atomic E-state index is 0.0292. The van der Waals surface area contributed by atoms with Gasteiger partial charge in [-0.3, -0.25) is 4.79 Å². The van der Waals surface area contributed by atoms with Crippen molar-refractivity contribution in [1.82, 2.24) is 10.3 Å². The first-order valence-electron chi connectivity index (χ1n) is 9.00. The molecule has 1 heterocycles. The van der Waals surface area contributed by atoms with Crippen molar-refractivity contribution in [2.45, 2.75) is 33.1 Å². The van der Waals surface area contributed by atoms with Gasteiger partial charge < -0.3 is 5.32 Å². The number of amides is 1. The first-order chi connectivity index (χ1) is 12.2. The average molecular weight is 332 g/mol. The van der Waals surface area contributed by atoms with Gasteiger partial charge in [0.1, 0.15) is 0 Å². The molecule has 3 heteroatoms. The highest BCUT2D eigenvalue weighted by Gasteiger charge is 2.13. The number of pyridine rings is 1. The minimum atomic E-state index is -0.0292. The van der Waals surface area contributed by atoms with Crippen molar-refractivity contribution in [1.29, 1.82) is 0 Å². The van der Waals surface area contributed by atoms with Gasteiger partial charge in [0.15, 0.2) is 0 Å². The number of nitrogens with zero attached hydrogens (tertiary/aromatic N) is 1. The quantitative estimate of drug-likeness (QED) is 0.646. The van der Waals surface area contributed by atoms with Crippen molar-refractivity contribution < 1.29 is 4.79 Å². The number of unbranched alkanes of at least 4 members (excludes halogenated alkanes) is 1. The Morgan fingerprint density at radius 3 is 2.52 bits per heavy atom. The summed E-state index contributed by atoms with van der Waals surface area (Å²) in [7, 11) is 0. The molecule has 0 saturated heterocycles. The monoisotopic (exact) mass is 332 g/mol. The van der Waals surface area contributed by atoms with E-state index in [1.807, 2.05) is 30.3 Å². The van der Waals surface area contributed by atoms with Crippen LogP contribution in [0.3, 0.4) is 0 Å². The van der Waals surface area contributed by atoms with Gasteiger partial charge in [-0.25, -0.2) is 4.98 Å². The van der Waals surface area contributed by atoms with Crippen molar-refractivity contribution in [3.8, 4) is 11.3 Å². The van der Waals surface area contributed by atoms with E-state index in [4.69, 9.17) is 4.98 Å². The Balaban J connectivity index is 2.03. The van der Waals surface area contributed by atoms with Crippen LogP contribution in [0.1, 0.15) is 42.6 Å². The normalized spacial score (nSPS) is 10.8. The number of nitrogens with one attached hydrogen (secondary N) is 1. The summed E-state index contributed by atoms with van der Waals surface area (Å²) < 4.78 is 0. The molecule has 0 unspecified atom stereocenters. The number of aryl methyl sites for hydroxylation is 1. The predicted molar refractivity (Wildman–Crippen MR) is 104 cm³/mol. The smallest absolute Gasteiger partial charge is 0.252 e. The molecule has 0 aliphatic heterocycles. The topological polar surface area (TPSA) is 42.0 Å². The zero-order chi connectivity index (χ0) is 17.6. The van der Waals surface area contributed by atoms with Gasteiger partial charge in [-0.1, -0.05) is 62.7 Å². The molecular formula is C22H24N2O. The number of aromatic nitrogens is 1. The number of hydrogen-bond donors (Lipinski definition) is 1. The van der Waals surface area contributed by atoms with Crippen LogP contribution in [0.2, 0.25) is 0 Å². The summed E-state index contributed by atoms with van der Waals surface area (Å²) in [6.07, 6.45) is 3.06. The van der Waals surface area contributed by atoms with E-state index < -0.39 is 0 Å². The van der Waals surface area contributed by atoms with E-state index in [1.54, 1.807) is 0 Å². The molecule has 0 saturated carbocycles. The highest BCUT2D eigenvalue weighted by Crippen LogP contribution is 2.25. The third-order valence-corrected chi connectivity index (χ3v) is 4.43. The molecule has 1 amide bonds. The van der Waals surface area contributed by atoms with Gasteiger partial charge in [-0.2, -0.15) is 0 Å². The molecule has 0 aliphatic carbocycles. The lowest BCUT2D eigenvalue weighted by atomic mass is 10.0. The first-order valence-corrected chi connectivity index (χ1v) is 9.00. The standard InChI is InChI=1S/C22H24N2O/c1-3-5-14-23-22(25)19-15-21(17-12-10-16(4-2)11-13-17)24-20-9-7-6-8-18(19)20/h6-13,15H,3-5,14H2,1-2H3,(H,23,25). The molecule has 0 spiro atoms. The second-order valence-corrected chi connectivity index (χ2v) is 6.23. The van der Waals surface area contributed by atoms with Crippen molar-refractivity contribution >= 4 is 16.8 Å². The summed E-state index contributed by atoms with van der Waals surface area (Å²) in [6, 6.07) is 18.1. The van der Waals surface area contributed by atoms with E-state index in [1.165, 1.54) is 5.56 Å². The molecule has 2 aromatic carbocycles. The van der Waals surface area contributed by atoms with Crippen LogP contribution in [0.5, 0.6) is 0 Å². The third kappa shape index (κ3) is 3.87. The van der Waals surface area contributed by atoms with Crippen molar-refractivity contribution in [2.75, 3.05) is 6.54 Å². The number of fused-ring (bicyclic) bond motifs is 1. The Hall–Kier alpha value is -2.68. The highest BCUT2D eigenvalue weighted by molar-refractivity contribution is 6.07. The van der Waals surface area contributed by atoms with Gasteiger partial charge in [0.2, 0.25) is 0 Å². The van der Waals surface area contributed by atoms with Crippen LogP contribution < -0.4 is 5.32 Å². The van der Waals surface area contributed by atoms with Crippen LogP contribution in [0.4, 0.5) is 0 Å². The lowest BCUT2D eigenvalue weighted by molar-refractivity contribution is 0.0955. The second kappa shape index (κ2) is 7.93. The molecule has 0 atom stereocenters. The molecule has 3 nitrogen and oxygen atoms in total. The average Bonchev–Trinajstić information content (AvgIpc) is 2.67. The molecule has 25 heavy (non-hydrogen) atoms. The van der Waals surface area contributed by atoms with Crippen molar-refractivity contribution in [2.24, 2.45) is 0 Å². The lowest BCUT2D eigenvalue weighted by Crippen LogP contribution is -2.24. The molecular weight excluding hydrogens is 308 g/mol. The van der Waals surface area contributed by atoms with Gasteiger partial charge >= 0.3 is 0 Å². The van der Waals surface area contributed by atoms with E-state index in [0.717, 1.165) is 41.4 Å². The maximum atomic E-state index is 12.7. The highest BCUT2D eigenvalue weighted by atomic mass is 16.1. The maximum Gasteiger partial charge on any atom is 0.252 e. The first kappa shape index (κ1) is 17.2. The van der Waals surface area contributed by atoms with Gasteiger partial charge in [0, 0.05) is 17.5 Å². The zero-order valence-electron chi connectivity index (χ0n) is 14.9. The molecule has 1 N–H and O–H groups in total. The van der Waals surface area contributed by atoms with Gasteiger partial charge in [-0.05, 0) is 30.5 Å². The number of carbonyl (C=O) groups excluding carboxylic acids is 1. The van der Waals surface area contributed by atoms with E-state index >= 15 is 0 Å². The maximum absolute atomic E-state index is 12.7. The molecule has 0 bridgehead atoms. The summed E-state index contributed by atoms with van der Waals surface area (Å²) in [5.74, 6) is -0.0292. The molecule has 0 aliphatic rings. The Labute approximate surface area is 149 Å². The molecule has 0 radical (unpaired) electrons. The lowest BCUT2D eigenvalue weighted by Gasteiger charge is -2.11. The van der Waals surface area contributed by atoms with Crippen LogP contribution in [0, 0.1) is 0 Å². The number of rotatable bonds is 6. The number of hydrogen-bond acceptors (Lipinski definition) is 2. The number of para-hydroxylation sites is 1. The summed E-state index contributed by atoms with van der Waals surface area (Å²) >= 11 is 0. The van der Waals surface area contributed by atoms with E-state index in [2.05, 4.69) is 43.4 Å². The van der Waals surface area contributed by atoms with Gasteiger partial charge in [0.05, 0.1) is 16.8 Å². The summed E-state index contributed by atoms with van der Waals surface area (Å²) in [6.45, 7) is 4.96. The summed E-state index contributed by atoms with van der Waals surface area (Å²) in [5.41, 5.74) is 4.70. The van der Waals surface area contributed by atoms with Crippen molar-refractivity contribution in [3.63, 3.8) is 0 Å². The minimum Gasteiger partial charge on any atom is -0.352 e. The Bertz CT molecular complexity index is 869. The fourth-order valence-corrected chi connectivity index (χ4v) is 2.90. The number of carbonyl (C=O) groups is 1. The van der Waals surface area contributed by atoms with Crippen molar-refractivity contribution in [3.05, 3.63) is 65.7 Å².